The van der Waals surface area contributed by atoms with Gasteiger partial charge in [-0.1, -0.05) is 29.8 Å². The zero-order chi connectivity index (χ0) is 15.0. The molecule has 0 spiro atoms. The minimum atomic E-state index is -3.62. The fraction of sp³-hybridized carbons (Fsp3) is 0. The van der Waals surface area contributed by atoms with E-state index < -0.39 is 9.84 Å². The van der Waals surface area contributed by atoms with E-state index in [1.807, 2.05) is 0 Å². The van der Waals surface area contributed by atoms with Crippen LogP contribution in [0.3, 0.4) is 0 Å². The van der Waals surface area contributed by atoms with Crippen molar-refractivity contribution < 1.29 is 13.2 Å². The van der Waals surface area contributed by atoms with Crippen LogP contribution in [-0.2, 0) is 9.84 Å². The van der Waals surface area contributed by atoms with E-state index in [1.54, 1.807) is 24.3 Å². The lowest BCUT2D eigenvalue weighted by Crippen LogP contribution is -2.01. The molecule has 0 atom stereocenters. The standard InChI is InChI=1S/C15H10ClNO3S/c16-15-13(9-18)12-8-11(6-7-14(12)17-15)21(19,20)10-4-2-1-3-5-10/h1-9,17H. The highest BCUT2D eigenvalue weighted by Crippen LogP contribution is 2.29. The van der Waals surface area contributed by atoms with Crippen LogP contribution in [0.1, 0.15) is 10.4 Å². The SMILES string of the molecule is O=Cc1c(Cl)[nH]c2ccc(S(=O)(=O)c3ccccc3)cc12. The van der Waals surface area contributed by atoms with Gasteiger partial charge in [0.05, 0.1) is 15.4 Å². The number of carbonyl (C=O) groups excluding carboxylic acids is 1. The molecule has 3 aromatic rings. The molecule has 0 fully saturated rings. The first-order valence-electron chi connectivity index (χ1n) is 6.10. The predicted molar refractivity (Wildman–Crippen MR) is 80.6 cm³/mol. The number of H-pyrrole nitrogens is 1. The Morgan fingerprint density at radius 2 is 1.71 bits per heavy atom. The van der Waals surface area contributed by atoms with Gasteiger partial charge in [-0.15, -0.1) is 0 Å². The number of fused-ring (bicyclic) bond motifs is 1. The number of carbonyl (C=O) groups is 1. The number of rotatable bonds is 3. The van der Waals surface area contributed by atoms with Gasteiger partial charge in [0, 0.05) is 10.9 Å². The van der Waals surface area contributed by atoms with E-state index in [9.17, 15) is 13.2 Å². The van der Waals surface area contributed by atoms with E-state index >= 15 is 0 Å². The first-order chi connectivity index (χ1) is 10.0. The van der Waals surface area contributed by atoms with Gasteiger partial charge in [0.2, 0.25) is 9.84 Å². The first-order valence-corrected chi connectivity index (χ1v) is 7.96. The third kappa shape index (κ3) is 2.24. The third-order valence-electron chi connectivity index (χ3n) is 3.24. The summed E-state index contributed by atoms with van der Waals surface area (Å²) >= 11 is 5.92. The molecule has 21 heavy (non-hydrogen) atoms. The van der Waals surface area contributed by atoms with E-state index in [0.717, 1.165) is 0 Å². The molecule has 0 radical (unpaired) electrons. The molecule has 3 rings (SSSR count). The summed E-state index contributed by atoms with van der Waals surface area (Å²) in [6, 6.07) is 12.7. The summed E-state index contributed by atoms with van der Waals surface area (Å²) < 4.78 is 25.1. The van der Waals surface area contributed by atoms with Crippen LogP contribution in [0.4, 0.5) is 0 Å². The van der Waals surface area contributed by atoms with Crippen molar-refractivity contribution in [1.29, 1.82) is 0 Å². The monoisotopic (exact) mass is 319 g/mol. The molecular weight excluding hydrogens is 310 g/mol. The molecule has 0 aliphatic rings. The molecule has 1 heterocycles. The number of aromatic nitrogens is 1. The van der Waals surface area contributed by atoms with Crippen LogP contribution < -0.4 is 0 Å². The molecule has 6 heteroatoms. The molecule has 0 bridgehead atoms. The fourth-order valence-corrected chi connectivity index (χ4v) is 3.73. The average Bonchev–Trinajstić information content (AvgIpc) is 2.82. The van der Waals surface area contributed by atoms with Crippen LogP contribution in [-0.4, -0.2) is 19.7 Å². The molecule has 0 amide bonds. The lowest BCUT2D eigenvalue weighted by molar-refractivity contribution is 0.112. The van der Waals surface area contributed by atoms with Crippen LogP contribution in [0.15, 0.2) is 58.3 Å². The van der Waals surface area contributed by atoms with Gasteiger partial charge in [-0.25, -0.2) is 8.42 Å². The van der Waals surface area contributed by atoms with Crippen molar-refractivity contribution in [2.45, 2.75) is 9.79 Å². The Morgan fingerprint density at radius 1 is 1.00 bits per heavy atom. The Bertz CT molecular complexity index is 930. The van der Waals surface area contributed by atoms with Crippen molar-refractivity contribution >= 4 is 38.6 Å². The Hall–Kier alpha value is -2.11. The summed E-state index contributed by atoms with van der Waals surface area (Å²) in [5.74, 6) is 0. The van der Waals surface area contributed by atoms with Crippen LogP contribution in [0.5, 0.6) is 0 Å². The van der Waals surface area contributed by atoms with Crippen molar-refractivity contribution in [3.8, 4) is 0 Å². The van der Waals surface area contributed by atoms with Gasteiger partial charge in [-0.05, 0) is 30.3 Å². The fourth-order valence-electron chi connectivity index (χ4n) is 2.18. The largest absolute Gasteiger partial charge is 0.345 e. The molecule has 106 valence electrons. The third-order valence-corrected chi connectivity index (χ3v) is 5.31. The summed E-state index contributed by atoms with van der Waals surface area (Å²) in [7, 11) is -3.62. The van der Waals surface area contributed by atoms with E-state index in [-0.39, 0.29) is 20.5 Å². The second-order valence-electron chi connectivity index (χ2n) is 4.49. The minimum Gasteiger partial charge on any atom is -0.345 e. The lowest BCUT2D eigenvalue weighted by Gasteiger charge is -2.04. The number of aldehydes is 1. The van der Waals surface area contributed by atoms with E-state index in [4.69, 9.17) is 11.6 Å². The Morgan fingerprint density at radius 3 is 2.38 bits per heavy atom. The number of hydrogen-bond donors (Lipinski definition) is 1. The number of halogens is 1. The van der Waals surface area contributed by atoms with Gasteiger partial charge in [0.1, 0.15) is 5.15 Å². The molecule has 1 N–H and O–H groups in total. The predicted octanol–water partition coefficient (Wildman–Crippen LogP) is 3.47. The zero-order valence-electron chi connectivity index (χ0n) is 10.7. The topological polar surface area (TPSA) is 67.0 Å². The van der Waals surface area contributed by atoms with Gasteiger partial charge in [0.25, 0.3) is 0 Å². The molecule has 0 aliphatic carbocycles. The highest BCUT2D eigenvalue weighted by molar-refractivity contribution is 7.91. The number of nitrogens with one attached hydrogen (secondary N) is 1. The van der Waals surface area contributed by atoms with Gasteiger partial charge < -0.3 is 4.98 Å². The Labute approximate surface area is 126 Å². The normalized spacial score (nSPS) is 11.7. The summed E-state index contributed by atoms with van der Waals surface area (Å²) in [5, 5.41) is 0.696. The maximum absolute atomic E-state index is 12.6. The molecule has 0 aliphatic heterocycles. The minimum absolute atomic E-state index is 0.125. The Balaban J connectivity index is 2.24. The van der Waals surface area contributed by atoms with Crippen LogP contribution in [0.2, 0.25) is 5.15 Å². The number of sulfone groups is 1. The van der Waals surface area contributed by atoms with Crippen molar-refractivity contribution in [2.75, 3.05) is 0 Å². The quantitative estimate of drug-likeness (QED) is 0.752. The lowest BCUT2D eigenvalue weighted by atomic mass is 10.2. The molecule has 2 aromatic carbocycles. The number of aromatic amines is 1. The van der Waals surface area contributed by atoms with Crippen molar-refractivity contribution in [3.63, 3.8) is 0 Å². The average molecular weight is 320 g/mol. The van der Waals surface area contributed by atoms with Crippen LogP contribution in [0.25, 0.3) is 10.9 Å². The zero-order valence-corrected chi connectivity index (χ0v) is 12.3. The van der Waals surface area contributed by atoms with Gasteiger partial charge >= 0.3 is 0 Å². The van der Waals surface area contributed by atoms with Crippen LogP contribution in [0, 0.1) is 0 Å². The molecule has 1 aromatic heterocycles. The van der Waals surface area contributed by atoms with Gasteiger partial charge in [-0.3, -0.25) is 4.79 Å². The number of benzene rings is 2. The smallest absolute Gasteiger partial charge is 0.206 e. The molecule has 0 saturated carbocycles. The van der Waals surface area contributed by atoms with Crippen LogP contribution >= 0.6 is 11.6 Å². The molecule has 0 unspecified atom stereocenters. The second kappa shape index (κ2) is 5.02. The summed E-state index contributed by atoms with van der Waals surface area (Å²) in [4.78, 5) is 14.2. The Kier molecular flexibility index (Phi) is 3.31. The summed E-state index contributed by atoms with van der Waals surface area (Å²) in [6.45, 7) is 0. The highest BCUT2D eigenvalue weighted by atomic mass is 35.5. The summed E-state index contributed by atoms with van der Waals surface area (Å²) in [6.07, 6.45) is 0.611. The van der Waals surface area contributed by atoms with Crippen molar-refractivity contribution in [3.05, 3.63) is 59.2 Å². The summed E-state index contributed by atoms with van der Waals surface area (Å²) in [5.41, 5.74) is 0.880. The maximum atomic E-state index is 12.6. The highest BCUT2D eigenvalue weighted by Gasteiger charge is 2.19. The van der Waals surface area contributed by atoms with Crippen molar-refractivity contribution in [1.82, 2.24) is 4.98 Å². The van der Waals surface area contributed by atoms with E-state index in [2.05, 4.69) is 4.98 Å². The van der Waals surface area contributed by atoms with E-state index in [1.165, 1.54) is 24.3 Å². The molecular formula is C15H10ClNO3S. The van der Waals surface area contributed by atoms with E-state index in [0.29, 0.717) is 17.2 Å². The maximum Gasteiger partial charge on any atom is 0.206 e. The molecule has 0 saturated heterocycles. The van der Waals surface area contributed by atoms with Gasteiger partial charge in [-0.2, -0.15) is 0 Å². The number of hydrogen-bond acceptors (Lipinski definition) is 3. The second-order valence-corrected chi connectivity index (χ2v) is 6.82. The molecule has 4 nitrogen and oxygen atoms in total. The first kappa shape index (κ1) is 13.9. The van der Waals surface area contributed by atoms with Crippen molar-refractivity contribution in [2.24, 2.45) is 0 Å². The van der Waals surface area contributed by atoms with Gasteiger partial charge in [0.15, 0.2) is 6.29 Å².